The summed E-state index contributed by atoms with van der Waals surface area (Å²) in [4.78, 5) is 6.46. The van der Waals surface area contributed by atoms with E-state index in [1.54, 1.807) is 0 Å². The smallest absolute Gasteiger partial charge is 0.191 e. The molecule has 6 heteroatoms. The molecule has 0 aliphatic heterocycles. The van der Waals surface area contributed by atoms with Crippen LogP contribution in [0.15, 0.2) is 11.2 Å². The number of aromatic nitrogens is 2. The van der Waals surface area contributed by atoms with Crippen LogP contribution in [0.25, 0.3) is 0 Å². The molecule has 1 fully saturated rings. The number of nitrogens with two attached hydrogens (primary N) is 1. The van der Waals surface area contributed by atoms with Crippen LogP contribution in [0.4, 0.5) is 0 Å². The van der Waals surface area contributed by atoms with E-state index in [9.17, 15) is 0 Å². The summed E-state index contributed by atoms with van der Waals surface area (Å²) in [6.07, 6.45) is 4.32. The highest BCUT2D eigenvalue weighted by atomic mass is 127. The zero-order chi connectivity index (χ0) is 11.7. The molecule has 1 aliphatic rings. The van der Waals surface area contributed by atoms with Gasteiger partial charge in [0, 0.05) is 31.4 Å². The third kappa shape index (κ3) is 3.34. The Balaban J connectivity index is 0.00000144. The van der Waals surface area contributed by atoms with Crippen molar-refractivity contribution in [2.24, 2.45) is 17.8 Å². The molecule has 0 saturated heterocycles. The number of hydrogen-bond acceptors (Lipinski definition) is 2. The molecule has 1 aromatic heterocycles. The molecular formula is C11H20IN5. The largest absolute Gasteiger partial charge is 0.370 e. The predicted molar refractivity (Wildman–Crippen MR) is 79.5 cm³/mol. The van der Waals surface area contributed by atoms with Gasteiger partial charge in [0.15, 0.2) is 5.96 Å². The lowest BCUT2D eigenvalue weighted by molar-refractivity contribution is 0.487. The molecule has 96 valence electrons. The van der Waals surface area contributed by atoms with Gasteiger partial charge in [-0.05, 0) is 19.8 Å². The minimum absolute atomic E-state index is 0. The Kier molecular flexibility index (Phi) is 4.79. The standard InChI is InChI=1S/C11H19N5.HI/c1-8-9(7-14-16(8)3)6-13-11(12)15(2)10-4-5-10;/h7,10H,4-6H2,1-3H3,(H2,12,13);1H. The minimum Gasteiger partial charge on any atom is -0.370 e. The molecule has 1 aliphatic carbocycles. The van der Waals surface area contributed by atoms with Gasteiger partial charge in [-0.15, -0.1) is 24.0 Å². The Labute approximate surface area is 119 Å². The van der Waals surface area contributed by atoms with Crippen molar-refractivity contribution in [3.05, 3.63) is 17.5 Å². The summed E-state index contributed by atoms with van der Waals surface area (Å²) >= 11 is 0. The predicted octanol–water partition coefficient (Wildman–Crippen LogP) is 1.26. The SMILES string of the molecule is Cc1c(CN=C(N)N(C)C2CC2)cnn1C.I. The van der Waals surface area contributed by atoms with E-state index in [2.05, 4.69) is 15.0 Å². The van der Waals surface area contributed by atoms with Crippen LogP contribution in [0.2, 0.25) is 0 Å². The van der Waals surface area contributed by atoms with Gasteiger partial charge in [-0.25, -0.2) is 4.99 Å². The quantitative estimate of drug-likeness (QED) is 0.508. The topological polar surface area (TPSA) is 59.4 Å². The molecule has 0 spiro atoms. The Morgan fingerprint density at radius 1 is 1.65 bits per heavy atom. The third-order valence-corrected chi connectivity index (χ3v) is 3.20. The van der Waals surface area contributed by atoms with Crippen molar-refractivity contribution in [3.8, 4) is 0 Å². The van der Waals surface area contributed by atoms with Crippen molar-refractivity contribution >= 4 is 29.9 Å². The summed E-state index contributed by atoms with van der Waals surface area (Å²) in [6.45, 7) is 2.65. The van der Waals surface area contributed by atoms with Gasteiger partial charge in [0.1, 0.15) is 0 Å². The summed E-state index contributed by atoms with van der Waals surface area (Å²) in [5.74, 6) is 0.630. The molecular weight excluding hydrogens is 329 g/mol. The van der Waals surface area contributed by atoms with Crippen molar-refractivity contribution in [1.29, 1.82) is 0 Å². The summed E-state index contributed by atoms with van der Waals surface area (Å²) in [5.41, 5.74) is 8.19. The molecule has 0 radical (unpaired) electrons. The molecule has 2 N–H and O–H groups in total. The van der Waals surface area contributed by atoms with Gasteiger partial charge in [-0.2, -0.15) is 5.10 Å². The second-order valence-electron chi connectivity index (χ2n) is 4.40. The van der Waals surface area contributed by atoms with Crippen LogP contribution >= 0.6 is 24.0 Å². The number of rotatable bonds is 3. The zero-order valence-electron chi connectivity index (χ0n) is 10.6. The van der Waals surface area contributed by atoms with E-state index in [0.29, 0.717) is 18.5 Å². The monoisotopic (exact) mass is 349 g/mol. The first-order valence-corrected chi connectivity index (χ1v) is 5.60. The number of guanidine groups is 1. The molecule has 0 aromatic carbocycles. The van der Waals surface area contributed by atoms with Gasteiger partial charge >= 0.3 is 0 Å². The van der Waals surface area contributed by atoms with Gasteiger partial charge in [0.25, 0.3) is 0 Å². The molecule has 0 atom stereocenters. The van der Waals surface area contributed by atoms with E-state index in [0.717, 1.165) is 11.3 Å². The van der Waals surface area contributed by atoms with Crippen molar-refractivity contribution in [3.63, 3.8) is 0 Å². The Hall–Kier alpha value is -0.790. The van der Waals surface area contributed by atoms with Gasteiger partial charge in [-0.1, -0.05) is 0 Å². The van der Waals surface area contributed by atoms with E-state index in [-0.39, 0.29) is 24.0 Å². The van der Waals surface area contributed by atoms with Crippen molar-refractivity contribution < 1.29 is 0 Å². The van der Waals surface area contributed by atoms with E-state index >= 15 is 0 Å². The first kappa shape index (κ1) is 14.3. The molecule has 1 heterocycles. The lowest BCUT2D eigenvalue weighted by atomic mass is 10.3. The summed E-state index contributed by atoms with van der Waals surface area (Å²) in [5, 5.41) is 4.18. The highest BCUT2D eigenvalue weighted by molar-refractivity contribution is 14.0. The Morgan fingerprint density at radius 3 is 2.76 bits per heavy atom. The molecule has 17 heavy (non-hydrogen) atoms. The normalized spacial score (nSPS) is 15.6. The summed E-state index contributed by atoms with van der Waals surface area (Å²) < 4.78 is 1.85. The van der Waals surface area contributed by atoms with Crippen LogP contribution in [0.5, 0.6) is 0 Å². The van der Waals surface area contributed by atoms with Gasteiger partial charge in [-0.3, -0.25) is 4.68 Å². The molecule has 0 amide bonds. The molecule has 1 aromatic rings. The van der Waals surface area contributed by atoms with E-state index in [1.807, 2.05) is 31.9 Å². The summed E-state index contributed by atoms with van der Waals surface area (Å²) in [6, 6.07) is 0.610. The second kappa shape index (κ2) is 5.70. The number of halogens is 1. The molecule has 0 unspecified atom stereocenters. The molecule has 1 saturated carbocycles. The Bertz CT molecular complexity index is 408. The van der Waals surface area contributed by atoms with Gasteiger partial charge in [0.2, 0.25) is 0 Å². The average Bonchev–Trinajstić information content (AvgIpc) is 3.06. The van der Waals surface area contributed by atoms with Crippen molar-refractivity contribution in [1.82, 2.24) is 14.7 Å². The lowest BCUT2D eigenvalue weighted by Gasteiger charge is -2.16. The van der Waals surface area contributed by atoms with Crippen molar-refractivity contribution in [2.45, 2.75) is 32.4 Å². The fourth-order valence-corrected chi connectivity index (χ4v) is 1.63. The number of aliphatic imine (C=N–C) groups is 1. The number of nitrogens with zero attached hydrogens (tertiary/aromatic N) is 4. The second-order valence-corrected chi connectivity index (χ2v) is 4.40. The minimum atomic E-state index is 0. The van der Waals surface area contributed by atoms with Crippen molar-refractivity contribution in [2.75, 3.05) is 7.05 Å². The fraction of sp³-hybridized carbons (Fsp3) is 0.636. The number of hydrogen-bond donors (Lipinski definition) is 1. The van der Waals surface area contributed by atoms with Gasteiger partial charge in [0.05, 0.1) is 12.7 Å². The third-order valence-electron chi connectivity index (χ3n) is 3.20. The maximum Gasteiger partial charge on any atom is 0.191 e. The molecule has 2 rings (SSSR count). The van der Waals surface area contributed by atoms with Crippen LogP contribution in [-0.4, -0.2) is 33.7 Å². The molecule has 0 bridgehead atoms. The molecule has 5 nitrogen and oxygen atoms in total. The van der Waals surface area contributed by atoms with Crippen LogP contribution < -0.4 is 5.73 Å². The maximum atomic E-state index is 5.91. The van der Waals surface area contributed by atoms with Crippen LogP contribution in [0.1, 0.15) is 24.1 Å². The highest BCUT2D eigenvalue weighted by Crippen LogP contribution is 2.24. The number of aryl methyl sites for hydroxylation is 1. The first-order chi connectivity index (χ1) is 7.59. The first-order valence-electron chi connectivity index (χ1n) is 5.60. The van der Waals surface area contributed by atoms with Crippen LogP contribution in [0, 0.1) is 6.92 Å². The van der Waals surface area contributed by atoms with E-state index in [4.69, 9.17) is 5.73 Å². The lowest BCUT2D eigenvalue weighted by Crippen LogP contribution is -2.35. The average molecular weight is 349 g/mol. The highest BCUT2D eigenvalue weighted by Gasteiger charge is 2.27. The zero-order valence-corrected chi connectivity index (χ0v) is 12.9. The maximum absolute atomic E-state index is 5.91. The Morgan fingerprint density at radius 2 is 2.29 bits per heavy atom. The fourth-order valence-electron chi connectivity index (χ4n) is 1.63. The van der Waals surface area contributed by atoms with E-state index in [1.165, 1.54) is 12.8 Å². The summed E-state index contributed by atoms with van der Waals surface area (Å²) in [7, 11) is 3.94. The van der Waals surface area contributed by atoms with Crippen LogP contribution in [-0.2, 0) is 13.6 Å². The van der Waals surface area contributed by atoms with Gasteiger partial charge < -0.3 is 10.6 Å². The van der Waals surface area contributed by atoms with E-state index < -0.39 is 0 Å². The van der Waals surface area contributed by atoms with Crippen LogP contribution in [0.3, 0.4) is 0 Å².